The van der Waals surface area contributed by atoms with Crippen LogP contribution in [-0.4, -0.2) is 17.0 Å². The van der Waals surface area contributed by atoms with Crippen molar-refractivity contribution < 1.29 is 23.0 Å². The van der Waals surface area contributed by atoms with Crippen LogP contribution in [0.1, 0.15) is 11.1 Å². The fourth-order valence-electron chi connectivity index (χ4n) is 2.52. The van der Waals surface area contributed by atoms with Crippen LogP contribution < -0.4 is 9.47 Å². The van der Waals surface area contributed by atoms with Crippen LogP contribution in [0.25, 0.3) is 11.5 Å². The highest BCUT2D eigenvalue weighted by Gasteiger charge is 2.17. The van der Waals surface area contributed by atoms with Gasteiger partial charge in [0.25, 0.3) is 0 Å². The number of hydrogen-bond donors (Lipinski definition) is 0. The SMILES string of the molecule is Fc1cc2c(c(COc3ccc(-c4nnco4)cc3)c1)OCOC2. The molecule has 0 fully saturated rings. The summed E-state index contributed by atoms with van der Waals surface area (Å²) < 4.78 is 35.2. The van der Waals surface area contributed by atoms with Gasteiger partial charge in [-0.3, -0.25) is 0 Å². The summed E-state index contributed by atoms with van der Waals surface area (Å²) in [4.78, 5) is 0. The quantitative estimate of drug-likeness (QED) is 0.732. The molecule has 0 unspecified atom stereocenters. The molecule has 122 valence electrons. The van der Waals surface area contributed by atoms with Gasteiger partial charge >= 0.3 is 0 Å². The van der Waals surface area contributed by atoms with E-state index in [0.29, 0.717) is 35.1 Å². The largest absolute Gasteiger partial charge is 0.489 e. The normalized spacial score (nSPS) is 13.2. The summed E-state index contributed by atoms with van der Waals surface area (Å²) in [6, 6.07) is 10.0. The summed E-state index contributed by atoms with van der Waals surface area (Å²) >= 11 is 0. The Morgan fingerprint density at radius 2 is 2.04 bits per heavy atom. The second kappa shape index (κ2) is 6.29. The van der Waals surface area contributed by atoms with E-state index >= 15 is 0 Å². The van der Waals surface area contributed by atoms with E-state index in [1.807, 2.05) is 12.1 Å². The van der Waals surface area contributed by atoms with Crippen LogP contribution in [0.4, 0.5) is 4.39 Å². The second-order valence-electron chi connectivity index (χ2n) is 5.22. The number of ether oxygens (including phenoxy) is 3. The first kappa shape index (κ1) is 14.6. The molecule has 0 radical (unpaired) electrons. The number of benzene rings is 2. The molecule has 1 aliphatic rings. The van der Waals surface area contributed by atoms with E-state index in [2.05, 4.69) is 10.2 Å². The van der Waals surface area contributed by atoms with Crippen molar-refractivity contribution in [2.75, 3.05) is 6.79 Å². The maximum Gasteiger partial charge on any atom is 0.247 e. The Bertz CT molecular complexity index is 835. The number of aromatic nitrogens is 2. The maximum absolute atomic E-state index is 13.7. The highest BCUT2D eigenvalue weighted by atomic mass is 19.1. The van der Waals surface area contributed by atoms with Gasteiger partial charge in [-0.25, -0.2) is 4.39 Å². The van der Waals surface area contributed by atoms with Crippen molar-refractivity contribution in [2.45, 2.75) is 13.2 Å². The molecule has 1 aromatic heterocycles. The van der Waals surface area contributed by atoms with Gasteiger partial charge in [0.15, 0.2) is 6.79 Å². The van der Waals surface area contributed by atoms with Gasteiger partial charge < -0.3 is 18.6 Å². The lowest BCUT2D eigenvalue weighted by Gasteiger charge is -2.21. The average Bonchev–Trinajstić information content (AvgIpc) is 3.14. The molecule has 0 atom stereocenters. The van der Waals surface area contributed by atoms with Gasteiger partial charge in [0.2, 0.25) is 12.3 Å². The molecule has 24 heavy (non-hydrogen) atoms. The average molecular weight is 328 g/mol. The molecule has 3 aromatic rings. The third-order valence-electron chi connectivity index (χ3n) is 3.61. The van der Waals surface area contributed by atoms with Crippen LogP contribution >= 0.6 is 0 Å². The van der Waals surface area contributed by atoms with Gasteiger partial charge in [-0.2, -0.15) is 0 Å². The summed E-state index contributed by atoms with van der Waals surface area (Å²) in [5.74, 6) is 1.37. The molecule has 0 amide bonds. The van der Waals surface area contributed by atoms with Crippen LogP contribution in [0, 0.1) is 5.82 Å². The van der Waals surface area contributed by atoms with E-state index in [-0.39, 0.29) is 19.2 Å². The number of rotatable bonds is 4. The number of hydrogen-bond acceptors (Lipinski definition) is 6. The smallest absolute Gasteiger partial charge is 0.247 e. The number of nitrogens with zero attached hydrogens (tertiary/aromatic N) is 2. The summed E-state index contributed by atoms with van der Waals surface area (Å²) in [6.45, 7) is 0.684. The van der Waals surface area contributed by atoms with Gasteiger partial charge in [0.1, 0.15) is 23.9 Å². The predicted molar refractivity (Wildman–Crippen MR) is 80.8 cm³/mol. The van der Waals surface area contributed by atoms with Gasteiger partial charge in [0, 0.05) is 16.7 Å². The summed E-state index contributed by atoms with van der Waals surface area (Å²) in [7, 11) is 0. The Balaban J connectivity index is 1.50. The molecule has 4 rings (SSSR count). The minimum absolute atomic E-state index is 0.157. The lowest BCUT2D eigenvalue weighted by atomic mass is 10.1. The lowest BCUT2D eigenvalue weighted by Crippen LogP contribution is -2.14. The van der Waals surface area contributed by atoms with Crippen molar-refractivity contribution in [3.8, 4) is 23.0 Å². The van der Waals surface area contributed by atoms with Crippen molar-refractivity contribution in [1.82, 2.24) is 10.2 Å². The van der Waals surface area contributed by atoms with Crippen LogP contribution in [0.5, 0.6) is 11.5 Å². The standard InChI is InChI=1S/C17H13FN2O4/c18-14-5-12-7-21-10-24-16(12)13(6-14)8-22-15-3-1-11(2-4-15)17-20-19-9-23-17/h1-6,9H,7-8,10H2. The Kier molecular flexibility index (Phi) is 3.84. The molecule has 0 aliphatic carbocycles. The van der Waals surface area contributed by atoms with Crippen molar-refractivity contribution in [2.24, 2.45) is 0 Å². The van der Waals surface area contributed by atoms with Crippen molar-refractivity contribution in [3.05, 3.63) is 59.7 Å². The molecule has 1 aliphatic heterocycles. The molecule has 0 saturated carbocycles. The molecule has 6 nitrogen and oxygen atoms in total. The van der Waals surface area contributed by atoms with Crippen LogP contribution in [-0.2, 0) is 18.0 Å². The van der Waals surface area contributed by atoms with E-state index in [9.17, 15) is 4.39 Å². The highest BCUT2D eigenvalue weighted by Crippen LogP contribution is 2.30. The molecule has 0 saturated heterocycles. The molecule has 2 heterocycles. The van der Waals surface area contributed by atoms with Gasteiger partial charge in [0.05, 0.1) is 6.61 Å². The minimum atomic E-state index is -0.340. The van der Waals surface area contributed by atoms with E-state index in [4.69, 9.17) is 18.6 Å². The van der Waals surface area contributed by atoms with Crippen molar-refractivity contribution in [1.29, 1.82) is 0 Å². The molecule has 7 heteroatoms. The number of halogens is 1. The molecule has 0 spiro atoms. The minimum Gasteiger partial charge on any atom is -0.489 e. The Hall–Kier alpha value is -2.93. The van der Waals surface area contributed by atoms with E-state index in [1.54, 1.807) is 12.1 Å². The monoisotopic (exact) mass is 328 g/mol. The second-order valence-corrected chi connectivity index (χ2v) is 5.22. The van der Waals surface area contributed by atoms with Gasteiger partial charge in [-0.05, 0) is 36.4 Å². The van der Waals surface area contributed by atoms with Crippen molar-refractivity contribution in [3.63, 3.8) is 0 Å². The van der Waals surface area contributed by atoms with Gasteiger partial charge in [-0.15, -0.1) is 10.2 Å². The van der Waals surface area contributed by atoms with Crippen LogP contribution in [0.3, 0.4) is 0 Å². The Labute approximate surface area is 136 Å². The third kappa shape index (κ3) is 2.93. The van der Waals surface area contributed by atoms with Gasteiger partial charge in [-0.1, -0.05) is 0 Å². The zero-order valence-electron chi connectivity index (χ0n) is 12.6. The topological polar surface area (TPSA) is 66.6 Å². The molecule has 0 N–H and O–H groups in total. The third-order valence-corrected chi connectivity index (χ3v) is 3.61. The summed E-state index contributed by atoms with van der Waals surface area (Å²) in [5, 5.41) is 7.48. The Morgan fingerprint density at radius 3 is 2.83 bits per heavy atom. The zero-order chi connectivity index (χ0) is 16.4. The summed E-state index contributed by atoms with van der Waals surface area (Å²) in [5.41, 5.74) is 2.13. The van der Waals surface area contributed by atoms with E-state index < -0.39 is 0 Å². The fourth-order valence-corrected chi connectivity index (χ4v) is 2.52. The fraction of sp³-hybridized carbons (Fsp3) is 0.176. The molecule has 2 aromatic carbocycles. The Morgan fingerprint density at radius 1 is 1.17 bits per heavy atom. The van der Waals surface area contributed by atoms with Crippen LogP contribution in [0.15, 0.2) is 47.2 Å². The van der Waals surface area contributed by atoms with E-state index in [0.717, 1.165) is 5.56 Å². The van der Waals surface area contributed by atoms with Crippen LogP contribution in [0.2, 0.25) is 0 Å². The van der Waals surface area contributed by atoms with Crippen molar-refractivity contribution >= 4 is 0 Å². The van der Waals surface area contributed by atoms with E-state index in [1.165, 1.54) is 18.5 Å². The lowest BCUT2D eigenvalue weighted by molar-refractivity contribution is -0.0178. The molecular formula is C17H13FN2O4. The predicted octanol–water partition coefficient (Wildman–Crippen LogP) is 3.32. The zero-order valence-corrected chi connectivity index (χ0v) is 12.6. The maximum atomic E-state index is 13.7. The summed E-state index contributed by atoms with van der Waals surface area (Å²) in [6.07, 6.45) is 1.27. The molecular weight excluding hydrogens is 315 g/mol. The molecule has 0 bridgehead atoms. The first-order valence-electron chi connectivity index (χ1n) is 7.31. The highest BCUT2D eigenvalue weighted by molar-refractivity contribution is 5.53. The number of fused-ring (bicyclic) bond motifs is 1. The first-order valence-corrected chi connectivity index (χ1v) is 7.31. The first-order chi connectivity index (χ1) is 11.8.